The van der Waals surface area contributed by atoms with Crippen LogP contribution >= 0.6 is 11.3 Å². The molecule has 1 aliphatic rings. The van der Waals surface area contributed by atoms with Crippen LogP contribution in [0.3, 0.4) is 0 Å². The molecule has 1 N–H and O–H groups in total. The number of carbonyl (C=O) groups is 1. The third kappa shape index (κ3) is 2.62. The fourth-order valence-electron chi connectivity index (χ4n) is 2.35. The molecule has 2 unspecified atom stereocenters. The Morgan fingerprint density at radius 1 is 1.43 bits per heavy atom. The minimum Gasteiger partial charge on any atom is -0.476 e. The number of hydrogen-bond acceptors (Lipinski definition) is 4. The molecule has 21 heavy (non-hydrogen) atoms. The van der Waals surface area contributed by atoms with E-state index in [9.17, 15) is 9.90 Å². The van der Waals surface area contributed by atoms with E-state index in [-0.39, 0.29) is 11.1 Å². The fourth-order valence-corrected chi connectivity index (χ4v) is 3.42. The number of nitrogens with zero attached hydrogens (tertiary/aromatic N) is 1. The summed E-state index contributed by atoms with van der Waals surface area (Å²) < 4.78 is 5.89. The van der Waals surface area contributed by atoms with Gasteiger partial charge in [0, 0.05) is 11.3 Å². The smallest absolute Gasteiger partial charge is 0.356 e. The molecule has 0 radical (unpaired) electrons. The SMILES string of the molecule is CC1CC1c1ccc(-c2sc(C(C)(C)C)nc2C(=O)O)o1. The minimum absolute atomic E-state index is 0.0923. The second-order valence-corrected chi connectivity index (χ2v) is 7.77. The maximum atomic E-state index is 11.4. The summed E-state index contributed by atoms with van der Waals surface area (Å²) in [6.07, 6.45) is 1.15. The van der Waals surface area contributed by atoms with Crippen LogP contribution in [0.1, 0.15) is 61.3 Å². The van der Waals surface area contributed by atoms with Crippen LogP contribution in [0.2, 0.25) is 0 Å². The zero-order chi connectivity index (χ0) is 15.4. The topological polar surface area (TPSA) is 63.3 Å². The van der Waals surface area contributed by atoms with Gasteiger partial charge in [0.05, 0.1) is 5.01 Å². The van der Waals surface area contributed by atoms with Gasteiger partial charge in [0.15, 0.2) is 5.69 Å². The molecule has 2 aromatic heterocycles. The van der Waals surface area contributed by atoms with Crippen LogP contribution in [-0.2, 0) is 5.41 Å². The molecule has 1 saturated carbocycles. The molecule has 2 atom stereocenters. The van der Waals surface area contributed by atoms with Gasteiger partial charge in [-0.2, -0.15) is 0 Å². The normalized spacial score (nSPS) is 21.5. The number of carboxylic acid groups (broad SMARTS) is 1. The maximum Gasteiger partial charge on any atom is 0.356 e. The van der Waals surface area contributed by atoms with Gasteiger partial charge in [-0.25, -0.2) is 9.78 Å². The molecule has 2 heterocycles. The Labute approximate surface area is 127 Å². The lowest BCUT2D eigenvalue weighted by molar-refractivity contribution is 0.0691. The van der Waals surface area contributed by atoms with Crippen molar-refractivity contribution in [3.63, 3.8) is 0 Å². The second-order valence-electron chi connectivity index (χ2n) is 6.77. The highest BCUT2D eigenvalue weighted by Crippen LogP contribution is 2.48. The van der Waals surface area contributed by atoms with Crippen LogP contribution in [0, 0.1) is 5.92 Å². The molecule has 112 valence electrons. The second kappa shape index (κ2) is 4.70. The van der Waals surface area contributed by atoms with Gasteiger partial charge in [-0.15, -0.1) is 11.3 Å². The Morgan fingerprint density at radius 2 is 2.10 bits per heavy atom. The average Bonchev–Trinajstić information content (AvgIpc) is 2.86. The van der Waals surface area contributed by atoms with Crippen LogP contribution in [0.4, 0.5) is 0 Å². The maximum absolute atomic E-state index is 11.4. The van der Waals surface area contributed by atoms with Crippen molar-refractivity contribution >= 4 is 17.3 Å². The molecule has 1 aliphatic carbocycles. The minimum atomic E-state index is -1.01. The van der Waals surface area contributed by atoms with Gasteiger partial charge in [0.1, 0.15) is 16.4 Å². The number of aromatic carboxylic acids is 1. The standard InChI is InChI=1S/C16H19NO3S/c1-8-7-9(8)10-5-6-11(20-10)13-12(14(18)19)17-15(21-13)16(2,3)4/h5-6,8-9H,7H2,1-4H3,(H,18,19). The molecule has 0 bridgehead atoms. The van der Waals surface area contributed by atoms with E-state index in [1.54, 1.807) is 0 Å². The van der Waals surface area contributed by atoms with Crippen molar-refractivity contribution in [2.24, 2.45) is 5.92 Å². The summed E-state index contributed by atoms with van der Waals surface area (Å²) in [5.41, 5.74) is -0.0808. The quantitative estimate of drug-likeness (QED) is 0.905. The molecule has 4 nitrogen and oxygen atoms in total. The molecule has 2 aromatic rings. The van der Waals surface area contributed by atoms with E-state index in [1.165, 1.54) is 11.3 Å². The molecule has 0 spiro atoms. The van der Waals surface area contributed by atoms with Crippen molar-refractivity contribution in [1.29, 1.82) is 0 Å². The highest BCUT2D eigenvalue weighted by atomic mass is 32.1. The molecule has 0 aromatic carbocycles. The van der Waals surface area contributed by atoms with E-state index in [0.29, 0.717) is 22.5 Å². The highest BCUT2D eigenvalue weighted by Gasteiger charge is 2.37. The van der Waals surface area contributed by atoms with Crippen molar-refractivity contribution < 1.29 is 14.3 Å². The largest absolute Gasteiger partial charge is 0.476 e. The number of rotatable bonds is 3. The van der Waals surface area contributed by atoms with Crippen molar-refractivity contribution in [3.8, 4) is 10.6 Å². The van der Waals surface area contributed by atoms with E-state index in [1.807, 2.05) is 32.9 Å². The summed E-state index contributed by atoms with van der Waals surface area (Å²) in [4.78, 5) is 16.4. The first-order valence-electron chi connectivity index (χ1n) is 7.12. The predicted octanol–water partition coefficient (Wildman–Crippen LogP) is 4.52. The van der Waals surface area contributed by atoms with E-state index in [2.05, 4.69) is 11.9 Å². The zero-order valence-electron chi connectivity index (χ0n) is 12.6. The monoisotopic (exact) mass is 305 g/mol. The highest BCUT2D eigenvalue weighted by molar-refractivity contribution is 7.15. The van der Waals surface area contributed by atoms with Crippen LogP contribution in [0.25, 0.3) is 10.6 Å². The lowest BCUT2D eigenvalue weighted by Crippen LogP contribution is -2.11. The van der Waals surface area contributed by atoms with Gasteiger partial charge in [-0.1, -0.05) is 27.7 Å². The van der Waals surface area contributed by atoms with Gasteiger partial charge in [0.25, 0.3) is 0 Å². The number of furan rings is 1. The third-order valence-electron chi connectivity index (χ3n) is 3.80. The first-order chi connectivity index (χ1) is 9.77. The molecule has 3 rings (SSSR count). The molecule has 1 fully saturated rings. The zero-order valence-corrected chi connectivity index (χ0v) is 13.5. The van der Waals surface area contributed by atoms with Gasteiger partial charge in [0.2, 0.25) is 0 Å². The number of thiazole rings is 1. The number of carboxylic acids is 1. The average molecular weight is 305 g/mol. The van der Waals surface area contributed by atoms with Crippen molar-refractivity contribution in [2.45, 2.75) is 45.4 Å². The van der Waals surface area contributed by atoms with E-state index in [0.717, 1.165) is 17.2 Å². The Balaban J connectivity index is 2.02. The summed E-state index contributed by atoms with van der Waals surface area (Å²) >= 11 is 1.41. The lowest BCUT2D eigenvalue weighted by atomic mass is 9.98. The molecule has 0 aliphatic heterocycles. The van der Waals surface area contributed by atoms with Gasteiger partial charge < -0.3 is 9.52 Å². The Kier molecular flexibility index (Phi) is 3.20. The third-order valence-corrected chi connectivity index (χ3v) is 5.29. The summed E-state index contributed by atoms with van der Waals surface area (Å²) in [5.74, 6) is 1.72. The van der Waals surface area contributed by atoms with Crippen molar-refractivity contribution in [3.05, 3.63) is 28.6 Å². The number of aromatic nitrogens is 1. The van der Waals surface area contributed by atoms with Crippen LogP contribution < -0.4 is 0 Å². The molecular weight excluding hydrogens is 286 g/mol. The van der Waals surface area contributed by atoms with E-state index >= 15 is 0 Å². The first kappa shape index (κ1) is 14.3. The Hall–Kier alpha value is -1.62. The summed E-state index contributed by atoms with van der Waals surface area (Å²) in [7, 11) is 0. The molecule has 0 amide bonds. The van der Waals surface area contributed by atoms with Crippen LogP contribution in [-0.4, -0.2) is 16.1 Å². The van der Waals surface area contributed by atoms with E-state index < -0.39 is 5.97 Å². The number of hydrogen-bond donors (Lipinski definition) is 1. The summed E-state index contributed by atoms with van der Waals surface area (Å²) in [6.45, 7) is 8.28. The van der Waals surface area contributed by atoms with Crippen molar-refractivity contribution in [1.82, 2.24) is 4.98 Å². The summed E-state index contributed by atoms with van der Waals surface area (Å²) in [5, 5.41) is 10.2. The van der Waals surface area contributed by atoms with Gasteiger partial charge in [-0.3, -0.25) is 0 Å². The first-order valence-corrected chi connectivity index (χ1v) is 7.93. The van der Waals surface area contributed by atoms with Crippen molar-refractivity contribution in [2.75, 3.05) is 0 Å². The van der Waals surface area contributed by atoms with Gasteiger partial charge >= 0.3 is 5.97 Å². The fraction of sp³-hybridized carbons (Fsp3) is 0.500. The van der Waals surface area contributed by atoms with Crippen LogP contribution in [0.15, 0.2) is 16.5 Å². The Bertz CT molecular complexity index is 693. The molecule has 5 heteroatoms. The lowest BCUT2D eigenvalue weighted by Gasteiger charge is -2.13. The summed E-state index contributed by atoms with van der Waals surface area (Å²) in [6, 6.07) is 3.83. The van der Waals surface area contributed by atoms with Crippen LogP contribution in [0.5, 0.6) is 0 Å². The molecule has 0 saturated heterocycles. The Morgan fingerprint density at radius 3 is 2.62 bits per heavy atom. The predicted molar refractivity (Wildman–Crippen MR) is 82.0 cm³/mol. The van der Waals surface area contributed by atoms with E-state index in [4.69, 9.17) is 4.42 Å². The molecular formula is C16H19NO3S. The van der Waals surface area contributed by atoms with Gasteiger partial charge in [-0.05, 0) is 24.5 Å².